The molecule has 7 heteroatoms. The van der Waals surface area contributed by atoms with Crippen LogP contribution in [-0.4, -0.2) is 37.5 Å². The number of hydrogen-bond acceptors (Lipinski definition) is 4. The second-order valence-corrected chi connectivity index (χ2v) is 7.45. The van der Waals surface area contributed by atoms with Gasteiger partial charge in [-0.05, 0) is 43.4 Å². The average Bonchev–Trinajstić information content (AvgIpc) is 2.47. The monoisotopic (exact) mass is 328 g/mol. The van der Waals surface area contributed by atoms with Crippen LogP contribution in [0.5, 0.6) is 0 Å². The van der Waals surface area contributed by atoms with Gasteiger partial charge in [-0.25, -0.2) is 8.42 Å². The summed E-state index contributed by atoms with van der Waals surface area (Å²) < 4.78 is 26.7. The SMILES string of the molecule is N#Cc1ccc(S(=O)(=O)N2CCC[C@@H](CCO)C2)c(Cl)c1. The Kier molecular flexibility index (Phi) is 5.22. The average molecular weight is 329 g/mol. The van der Waals surface area contributed by atoms with Gasteiger partial charge in [0, 0.05) is 19.7 Å². The first kappa shape index (κ1) is 16.2. The zero-order chi connectivity index (χ0) is 15.5. The lowest BCUT2D eigenvalue weighted by molar-refractivity contribution is 0.203. The summed E-state index contributed by atoms with van der Waals surface area (Å²) in [6.45, 7) is 0.927. The summed E-state index contributed by atoms with van der Waals surface area (Å²) in [6, 6.07) is 6.13. The maximum atomic E-state index is 12.7. The van der Waals surface area contributed by atoms with Crippen molar-refractivity contribution in [1.82, 2.24) is 4.31 Å². The Hall–Kier alpha value is -1.13. The van der Waals surface area contributed by atoms with Gasteiger partial charge >= 0.3 is 0 Å². The molecule has 114 valence electrons. The molecular weight excluding hydrogens is 312 g/mol. The molecule has 1 aliphatic heterocycles. The van der Waals surface area contributed by atoms with Crippen molar-refractivity contribution in [3.8, 4) is 6.07 Å². The fourth-order valence-corrected chi connectivity index (χ4v) is 4.66. The van der Waals surface area contributed by atoms with Crippen LogP contribution in [0.25, 0.3) is 0 Å². The summed E-state index contributed by atoms with van der Waals surface area (Å²) in [5.41, 5.74) is 0.329. The first-order chi connectivity index (χ1) is 9.98. The number of nitrogens with zero attached hydrogens (tertiary/aromatic N) is 2. The van der Waals surface area contributed by atoms with Gasteiger partial charge in [-0.1, -0.05) is 11.6 Å². The number of hydrogen-bond donors (Lipinski definition) is 1. The predicted octanol–water partition coefficient (Wildman–Crippen LogP) is 1.99. The third-order valence-electron chi connectivity index (χ3n) is 3.70. The normalized spacial score (nSPS) is 20.1. The number of piperidine rings is 1. The third-order valence-corrected chi connectivity index (χ3v) is 6.05. The molecule has 0 aliphatic carbocycles. The minimum atomic E-state index is -3.66. The van der Waals surface area contributed by atoms with Crippen molar-refractivity contribution in [2.24, 2.45) is 5.92 Å². The molecule has 1 saturated heterocycles. The van der Waals surface area contributed by atoms with Crippen LogP contribution in [0, 0.1) is 17.2 Å². The van der Waals surface area contributed by atoms with Gasteiger partial charge in [-0.3, -0.25) is 0 Å². The van der Waals surface area contributed by atoms with Crippen LogP contribution < -0.4 is 0 Å². The number of benzene rings is 1. The Labute approximate surface area is 129 Å². The van der Waals surface area contributed by atoms with Crippen molar-refractivity contribution in [2.45, 2.75) is 24.2 Å². The molecular formula is C14H17ClN2O3S. The number of nitriles is 1. The zero-order valence-electron chi connectivity index (χ0n) is 11.5. The van der Waals surface area contributed by atoms with E-state index in [1.165, 1.54) is 22.5 Å². The molecule has 0 bridgehead atoms. The van der Waals surface area contributed by atoms with E-state index < -0.39 is 10.0 Å². The topological polar surface area (TPSA) is 81.4 Å². The van der Waals surface area contributed by atoms with E-state index in [-0.39, 0.29) is 22.4 Å². The smallest absolute Gasteiger partial charge is 0.244 e. The van der Waals surface area contributed by atoms with Crippen molar-refractivity contribution in [2.75, 3.05) is 19.7 Å². The van der Waals surface area contributed by atoms with Gasteiger partial charge in [-0.2, -0.15) is 9.57 Å². The number of aliphatic hydroxyl groups excluding tert-OH is 1. The summed E-state index contributed by atoms with van der Waals surface area (Å²) in [7, 11) is -3.66. The highest BCUT2D eigenvalue weighted by atomic mass is 35.5. The molecule has 1 aromatic carbocycles. The minimum Gasteiger partial charge on any atom is -0.396 e. The van der Waals surface area contributed by atoms with Crippen molar-refractivity contribution >= 4 is 21.6 Å². The number of sulfonamides is 1. The van der Waals surface area contributed by atoms with Crippen molar-refractivity contribution in [3.63, 3.8) is 0 Å². The highest BCUT2D eigenvalue weighted by Gasteiger charge is 2.31. The summed E-state index contributed by atoms with van der Waals surface area (Å²) >= 11 is 6.01. The quantitative estimate of drug-likeness (QED) is 0.916. The van der Waals surface area contributed by atoms with E-state index in [1.807, 2.05) is 6.07 Å². The van der Waals surface area contributed by atoms with Gasteiger partial charge in [-0.15, -0.1) is 0 Å². The van der Waals surface area contributed by atoms with E-state index in [9.17, 15) is 8.42 Å². The molecule has 0 amide bonds. The van der Waals surface area contributed by atoms with Crippen LogP contribution in [0.1, 0.15) is 24.8 Å². The van der Waals surface area contributed by atoms with E-state index in [2.05, 4.69) is 0 Å². The molecule has 0 aromatic heterocycles. The van der Waals surface area contributed by atoms with E-state index in [4.69, 9.17) is 22.0 Å². The Balaban J connectivity index is 2.27. The lowest BCUT2D eigenvalue weighted by Crippen LogP contribution is -2.40. The fraction of sp³-hybridized carbons (Fsp3) is 0.500. The third kappa shape index (κ3) is 3.55. The van der Waals surface area contributed by atoms with E-state index in [1.54, 1.807) is 0 Å². The summed E-state index contributed by atoms with van der Waals surface area (Å²) in [5, 5.41) is 17.9. The molecule has 0 unspecified atom stereocenters. The first-order valence-electron chi connectivity index (χ1n) is 6.79. The van der Waals surface area contributed by atoms with Crippen LogP contribution in [0.15, 0.2) is 23.1 Å². The molecule has 5 nitrogen and oxygen atoms in total. The Bertz CT molecular complexity index is 653. The van der Waals surface area contributed by atoms with Crippen LogP contribution in [0.2, 0.25) is 5.02 Å². The van der Waals surface area contributed by atoms with E-state index in [0.717, 1.165) is 12.8 Å². The van der Waals surface area contributed by atoms with E-state index in [0.29, 0.717) is 25.1 Å². The Morgan fingerprint density at radius 2 is 2.24 bits per heavy atom. The predicted molar refractivity (Wildman–Crippen MR) is 79.4 cm³/mol. The molecule has 1 N–H and O–H groups in total. The molecule has 1 fully saturated rings. The van der Waals surface area contributed by atoms with Crippen LogP contribution in [-0.2, 0) is 10.0 Å². The molecule has 1 heterocycles. The number of aliphatic hydroxyl groups is 1. The minimum absolute atomic E-state index is 0.0350. The van der Waals surface area contributed by atoms with Crippen molar-refractivity contribution in [3.05, 3.63) is 28.8 Å². The second kappa shape index (κ2) is 6.75. The highest BCUT2D eigenvalue weighted by molar-refractivity contribution is 7.89. The molecule has 1 atom stereocenters. The Morgan fingerprint density at radius 1 is 1.48 bits per heavy atom. The molecule has 21 heavy (non-hydrogen) atoms. The van der Waals surface area contributed by atoms with Gasteiger partial charge in [0.2, 0.25) is 10.0 Å². The molecule has 0 radical (unpaired) electrons. The first-order valence-corrected chi connectivity index (χ1v) is 8.61. The molecule has 0 spiro atoms. The van der Waals surface area contributed by atoms with Gasteiger partial charge < -0.3 is 5.11 Å². The summed E-state index contributed by atoms with van der Waals surface area (Å²) in [4.78, 5) is 0.0350. The summed E-state index contributed by atoms with van der Waals surface area (Å²) in [5.74, 6) is 0.177. The largest absolute Gasteiger partial charge is 0.396 e. The van der Waals surface area contributed by atoms with Gasteiger partial charge in [0.05, 0.1) is 16.7 Å². The zero-order valence-corrected chi connectivity index (χ0v) is 13.1. The molecule has 1 aliphatic rings. The Morgan fingerprint density at radius 3 is 2.86 bits per heavy atom. The van der Waals surface area contributed by atoms with Gasteiger partial charge in [0.15, 0.2) is 0 Å². The number of rotatable bonds is 4. The standard InChI is InChI=1S/C14H17ClN2O3S/c15-13-8-12(9-16)3-4-14(13)21(19,20)17-6-1-2-11(10-17)5-7-18/h3-4,8,11,18H,1-2,5-7,10H2/t11-/m0/s1. The maximum absolute atomic E-state index is 12.7. The van der Waals surface area contributed by atoms with Gasteiger partial charge in [0.25, 0.3) is 0 Å². The molecule has 2 rings (SSSR count). The highest BCUT2D eigenvalue weighted by Crippen LogP contribution is 2.29. The van der Waals surface area contributed by atoms with Crippen LogP contribution in [0.3, 0.4) is 0 Å². The van der Waals surface area contributed by atoms with Crippen molar-refractivity contribution in [1.29, 1.82) is 5.26 Å². The second-order valence-electron chi connectivity index (χ2n) is 5.14. The lowest BCUT2D eigenvalue weighted by atomic mass is 9.97. The fourth-order valence-electron chi connectivity index (χ4n) is 2.58. The summed E-state index contributed by atoms with van der Waals surface area (Å²) in [6.07, 6.45) is 2.30. The number of halogens is 1. The maximum Gasteiger partial charge on any atom is 0.244 e. The molecule has 0 saturated carbocycles. The van der Waals surface area contributed by atoms with Crippen LogP contribution >= 0.6 is 11.6 Å². The lowest BCUT2D eigenvalue weighted by Gasteiger charge is -2.31. The molecule has 1 aromatic rings. The van der Waals surface area contributed by atoms with E-state index >= 15 is 0 Å². The van der Waals surface area contributed by atoms with Crippen LogP contribution in [0.4, 0.5) is 0 Å². The van der Waals surface area contributed by atoms with Gasteiger partial charge in [0.1, 0.15) is 4.90 Å². The van der Waals surface area contributed by atoms with Crippen molar-refractivity contribution < 1.29 is 13.5 Å².